The minimum Gasteiger partial charge on any atom is -0.457 e. The van der Waals surface area contributed by atoms with Crippen LogP contribution in [0.1, 0.15) is 13.3 Å². The molecule has 2 fully saturated rings. The molecule has 3 unspecified atom stereocenters. The van der Waals surface area contributed by atoms with Crippen LogP contribution in [0.15, 0.2) is 64.6 Å². The standard InChI is InChI=1S/C25H24N6O4/c1-2-6-21(32)29-14-13-18(15-29)31-24-22(23(28-34)26-16-27-24)30(25(31)33)17-9-11-20(12-10-17)35-19-7-4-3-5-8-19/h3-5,7-12,16,18,22-23,28,34H,13-15H2,1H3. The molecule has 2 N–H and O–H groups in total. The number of urea groups is 1. The molecule has 0 aliphatic carbocycles. The average molecular weight is 473 g/mol. The summed E-state index contributed by atoms with van der Waals surface area (Å²) < 4.78 is 5.87. The van der Waals surface area contributed by atoms with Crippen molar-refractivity contribution < 1.29 is 19.5 Å². The molecule has 10 nitrogen and oxygen atoms in total. The van der Waals surface area contributed by atoms with Crippen molar-refractivity contribution in [2.24, 2.45) is 9.98 Å². The van der Waals surface area contributed by atoms with Crippen LogP contribution in [0.3, 0.4) is 0 Å². The first-order valence-electron chi connectivity index (χ1n) is 11.3. The van der Waals surface area contributed by atoms with Crippen molar-refractivity contribution in [1.29, 1.82) is 0 Å². The van der Waals surface area contributed by atoms with Gasteiger partial charge in [-0.3, -0.25) is 14.6 Å². The molecule has 0 aromatic heterocycles. The summed E-state index contributed by atoms with van der Waals surface area (Å²) in [6.07, 6.45) is 1.14. The number of anilines is 1. The first-order valence-corrected chi connectivity index (χ1v) is 11.3. The number of nitrogens with one attached hydrogen (secondary N) is 1. The molecule has 3 amide bonds. The van der Waals surface area contributed by atoms with Crippen LogP contribution in [0, 0.1) is 11.8 Å². The van der Waals surface area contributed by atoms with E-state index in [1.165, 1.54) is 6.34 Å². The van der Waals surface area contributed by atoms with Gasteiger partial charge in [0.1, 0.15) is 29.7 Å². The Kier molecular flexibility index (Phi) is 6.18. The van der Waals surface area contributed by atoms with Gasteiger partial charge in [0, 0.05) is 18.8 Å². The third kappa shape index (κ3) is 4.23. The first kappa shape index (κ1) is 22.6. The number of carbonyl (C=O) groups is 2. The number of carbonyl (C=O) groups excluding carboxylic acids is 2. The highest BCUT2D eigenvalue weighted by Crippen LogP contribution is 2.34. The molecular formula is C25H24N6O4. The minimum atomic E-state index is -0.790. The molecule has 0 bridgehead atoms. The molecule has 5 rings (SSSR count). The van der Waals surface area contributed by atoms with Gasteiger partial charge in [0.2, 0.25) is 0 Å². The Labute approximate surface area is 202 Å². The lowest BCUT2D eigenvalue weighted by atomic mass is 10.1. The zero-order valence-corrected chi connectivity index (χ0v) is 19.0. The molecule has 0 radical (unpaired) electrons. The molecule has 10 heteroatoms. The number of ether oxygens (including phenoxy) is 1. The van der Waals surface area contributed by atoms with Crippen LogP contribution >= 0.6 is 0 Å². The van der Waals surface area contributed by atoms with Crippen LogP contribution in [0.25, 0.3) is 0 Å². The zero-order valence-electron chi connectivity index (χ0n) is 19.0. The van der Waals surface area contributed by atoms with Gasteiger partial charge in [0.05, 0.1) is 6.04 Å². The summed E-state index contributed by atoms with van der Waals surface area (Å²) >= 11 is 0. The van der Waals surface area contributed by atoms with Crippen molar-refractivity contribution in [3.8, 4) is 23.3 Å². The Balaban J connectivity index is 1.42. The van der Waals surface area contributed by atoms with Gasteiger partial charge in [-0.05, 0) is 55.7 Å². The second kappa shape index (κ2) is 9.58. The number of fused-ring (bicyclic) bond motifs is 1. The summed E-state index contributed by atoms with van der Waals surface area (Å²) in [6.45, 7) is 2.48. The van der Waals surface area contributed by atoms with Crippen LogP contribution in [-0.4, -0.2) is 70.5 Å². The van der Waals surface area contributed by atoms with Crippen LogP contribution in [0.5, 0.6) is 11.5 Å². The molecule has 2 saturated heterocycles. The maximum Gasteiger partial charge on any atom is 0.331 e. The summed E-state index contributed by atoms with van der Waals surface area (Å²) in [4.78, 5) is 39.4. The Morgan fingerprint density at radius 1 is 1.11 bits per heavy atom. The number of hydrogen-bond acceptors (Lipinski definition) is 7. The lowest BCUT2D eigenvalue weighted by molar-refractivity contribution is -0.124. The highest BCUT2D eigenvalue weighted by atomic mass is 16.5. The van der Waals surface area contributed by atoms with Crippen LogP contribution in [0.2, 0.25) is 0 Å². The SMILES string of the molecule is CC#CC(=O)N1CCC(N2C(=O)N(c3ccc(Oc4ccccc4)cc3)C3C2=NC=NC3NO)C1. The van der Waals surface area contributed by atoms with E-state index in [9.17, 15) is 14.8 Å². The van der Waals surface area contributed by atoms with E-state index >= 15 is 0 Å². The number of likely N-dealkylation sites (tertiary alicyclic amines) is 1. The fourth-order valence-corrected chi connectivity index (χ4v) is 4.60. The monoisotopic (exact) mass is 472 g/mol. The Bertz CT molecular complexity index is 1230. The van der Waals surface area contributed by atoms with E-state index in [0.717, 1.165) is 0 Å². The van der Waals surface area contributed by atoms with E-state index < -0.39 is 12.2 Å². The van der Waals surface area contributed by atoms with E-state index in [1.54, 1.807) is 45.9 Å². The number of benzene rings is 2. The number of amides is 3. The largest absolute Gasteiger partial charge is 0.457 e. The van der Waals surface area contributed by atoms with Crippen LogP contribution in [-0.2, 0) is 4.79 Å². The molecule has 0 spiro atoms. The van der Waals surface area contributed by atoms with Crippen molar-refractivity contribution in [3.63, 3.8) is 0 Å². The fraction of sp³-hybridized carbons (Fsp3) is 0.280. The number of para-hydroxylation sites is 1. The molecule has 2 aromatic rings. The second-order valence-corrected chi connectivity index (χ2v) is 8.27. The van der Waals surface area contributed by atoms with E-state index in [-0.39, 0.29) is 18.0 Å². The number of nitrogens with zero attached hydrogens (tertiary/aromatic N) is 5. The summed E-state index contributed by atoms with van der Waals surface area (Å²) in [5, 5.41) is 9.76. The Hall–Kier alpha value is -4.20. The molecule has 178 valence electrons. The van der Waals surface area contributed by atoms with Gasteiger partial charge in [-0.25, -0.2) is 14.8 Å². The molecule has 3 heterocycles. The average Bonchev–Trinajstić information content (AvgIpc) is 3.47. The molecule has 3 atom stereocenters. The third-order valence-corrected chi connectivity index (χ3v) is 6.19. The predicted molar refractivity (Wildman–Crippen MR) is 130 cm³/mol. The highest BCUT2D eigenvalue weighted by Gasteiger charge is 2.52. The second-order valence-electron chi connectivity index (χ2n) is 8.27. The van der Waals surface area contributed by atoms with Crippen molar-refractivity contribution in [1.82, 2.24) is 15.3 Å². The normalized spacial score (nSPS) is 23.0. The minimum absolute atomic E-state index is 0.258. The van der Waals surface area contributed by atoms with Crippen molar-refractivity contribution in [3.05, 3.63) is 54.6 Å². The Morgan fingerprint density at radius 3 is 2.57 bits per heavy atom. The quantitative estimate of drug-likeness (QED) is 0.513. The number of aliphatic imine (C=N–C) groups is 2. The maximum atomic E-state index is 13.7. The molecular weight excluding hydrogens is 448 g/mol. The van der Waals surface area contributed by atoms with Crippen molar-refractivity contribution >= 4 is 29.8 Å². The summed E-state index contributed by atoms with van der Waals surface area (Å²) in [5.74, 6) is 6.73. The predicted octanol–water partition coefficient (Wildman–Crippen LogP) is 2.46. The summed E-state index contributed by atoms with van der Waals surface area (Å²) in [5.41, 5.74) is 2.79. The maximum absolute atomic E-state index is 13.7. The smallest absolute Gasteiger partial charge is 0.331 e. The van der Waals surface area contributed by atoms with Crippen molar-refractivity contribution in [2.75, 3.05) is 18.0 Å². The molecule has 3 aliphatic heterocycles. The van der Waals surface area contributed by atoms with Crippen molar-refractivity contribution in [2.45, 2.75) is 31.6 Å². The van der Waals surface area contributed by atoms with Gasteiger partial charge in [-0.1, -0.05) is 24.1 Å². The van der Waals surface area contributed by atoms with Crippen LogP contribution in [0.4, 0.5) is 10.5 Å². The fourth-order valence-electron chi connectivity index (χ4n) is 4.60. The molecule has 35 heavy (non-hydrogen) atoms. The molecule has 0 saturated carbocycles. The summed E-state index contributed by atoms with van der Waals surface area (Å²) in [6, 6.07) is 15.3. The number of rotatable bonds is 5. The lowest BCUT2D eigenvalue weighted by Gasteiger charge is -2.28. The van der Waals surface area contributed by atoms with Gasteiger partial charge in [-0.2, -0.15) is 5.48 Å². The van der Waals surface area contributed by atoms with Gasteiger partial charge in [0.15, 0.2) is 6.17 Å². The number of hydroxylamine groups is 1. The van der Waals surface area contributed by atoms with E-state index in [2.05, 4.69) is 27.3 Å². The van der Waals surface area contributed by atoms with Gasteiger partial charge >= 0.3 is 6.03 Å². The first-order chi connectivity index (χ1) is 17.1. The number of hydrogen-bond donors (Lipinski definition) is 2. The third-order valence-electron chi connectivity index (χ3n) is 6.19. The van der Waals surface area contributed by atoms with E-state index in [0.29, 0.717) is 42.5 Å². The summed E-state index contributed by atoms with van der Waals surface area (Å²) in [7, 11) is 0. The zero-order chi connectivity index (χ0) is 24.4. The molecule has 3 aliphatic rings. The van der Waals surface area contributed by atoms with E-state index in [4.69, 9.17) is 4.74 Å². The Morgan fingerprint density at radius 2 is 1.86 bits per heavy atom. The lowest BCUT2D eigenvalue weighted by Crippen LogP contribution is -2.51. The van der Waals surface area contributed by atoms with Crippen LogP contribution < -0.4 is 15.1 Å². The van der Waals surface area contributed by atoms with E-state index in [1.807, 2.05) is 30.3 Å². The number of amidine groups is 1. The van der Waals surface area contributed by atoms with Gasteiger partial charge < -0.3 is 14.8 Å². The van der Waals surface area contributed by atoms with Gasteiger partial charge in [0.25, 0.3) is 5.91 Å². The van der Waals surface area contributed by atoms with Gasteiger partial charge in [-0.15, -0.1) is 0 Å². The highest BCUT2D eigenvalue weighted by molar-refractivity contribution is 6.18. The topological polar surface area (TPSA) is 110 Å². The molecule has 2 aromatic carbocycles.